The molecule has 3 nitrogen and oxygen atoms in total. The molecule has 1 amide bonds. The summed E-state index contributed by atoms with van der Waals surface area (Å²) in [6, 6.07) is 8.31. The number of para-hydroxylation sites is 1. The van der Waals surface area contributed by atoms with Crippen LogP contribution in [0.1, 0.15) is 38.7 Å². The fraction of sp³-hybridized carbons (Fsp3) is 0.562. The number of rotatable bonds is 6. The van der Waals surface area contributed by atoms with E-state index in [9.17, 15) is 4.79 Å². The number of anilines is 1. The summed E-state index contributed by atoms with van der Waals surface area (Å²) >= 11 is 0. The second kappa shape index (κ2) is 6.09. The second-order valence-electron chi connectivity index (χ2n) is 5.87. The summed E-state index contributed by atoms with van der Waals surface area (Å²) < 4.78 is 0. The number of benzene rings is 1. The minimum Gasteiger partial charge on any atom is -0.399 e. The van der Waals surface area contributed by atoms with Crippen molar-refractivity contribution >= 4 is 11.6 Å². The molecule has 19 heavy (non-hydrogen) atoms. The van der Waals surface area contributed by atoms with Crippen LogP contribution in [0.3, 0.4) is 0 Å². The van der Waals surface area contributed by atoms with Crippen molar-refractivity contribution in [1.29, 1.82) is 0 Å². The summed E-state index contributed by atoms with van der Waals surface area (Å²) in [6.07, 6.45) is 3.65. The molecule has 2 rings (SSSR count). The molecule has 0 atom stereocenters. The second-order valence-corrected chi connectivity index (χ2v) is 5.87. The number of carbonyl (C=O) groups is 1. The first kappa shape index (κ1) is 13.9. The molecule has 0 radical (unpaired) electrons. The zero-order chi connectivity index (χ0) is 13.8. The molecule has 0 aliphatic heterocycles. The zero-order valence-electron chi connectivity index (χ0n) is 11.9. The van der Waals surface area contributed by atoms with Crippen LogP contribution in [-0.2, 0) is 11.2 Å². The third-order valence-electron chi connectivity index (χ3n) is 3.53. The average molecular weight is 260 g/mol. The van der Waals surface area contributed by atoms with Crippen LogP contribution in [-0.4, -0.2) is 23.4 Å². The Balaban J connectivity index is 1.90. The largest absolute Gasteiger partial charge is 0.399 e. The number of hydrogen-bond donors (Lipinski definition) is 1. The lowest BCUT2D eigenvalue weighted by Gasteiger charge is -2.24. The van der Waals surface area contributed by atoms with Gasteiger partial charge in [0.05, 0.1) is 0 Å². The third kappa shape index (κ3) is 3.98. The predicted octanol–water partition coefficient (Wildman–Crippen LogP) is 2.85. The highest BCUT2D eigenvalue weighted by molar-refractivity contribution is 5.77. The molecule has 1 aromatic carbocycles. The quantitative estimate of drug-likeness (QED) is 0.799. The van der Waals surface area contributed by atoms with Gasteiger partial charge in [0.15, 0.2) is 0 Å². The molecule has 1 aliphatic rings. The average Bonchev–Trinajstić information content (AvgIpc) is 3.18. The number of nitrogens with zero attached hydrogens (tertiary/aromatic N) is 1. The standard InChI is InChI=1S/C16H24N2O/c1-12(2)11-18(14-8-9-14)16(19)10-7-13-5-3-4-6-15(13)17/h3-6,12,14H,7-11,17H2,1-2H3. The van der Waals surface area contributed by atoms with Crippen LogP contribution in [0, 0.1) is 5.92 Å². The van der Waals surface area contributed by atoms with E-state index in [0.29, 0.717) is 18.4 Å². The Hall–Kier alpha value is -1.51. The van der Waals surface area contributed by atoms with Crippen molar-refractivity contribution in [3.63, 3.8) is 0 Å². The maximum atomic E-state index is 12.3. The van der Waals surface area contributed by atoms with Crippen LogP contribution in [0.15, 0.2) is 24.3 Å². The lowest BCUT2D eigenvalue weighted by molar-refractivity contribution is -0.132. The summed E-state index contributed by atoms with van der Waals surface area (Å²) in [5.74, 6) is 0.811. The molecule has 0 bridgehead atoms. The van der Waals surface area contributed by atoms with Gasteiger partial charge in [0.1, 0.15) is 0 Å². The van der Waals surface area contributed by atoms with Gasteiger partial charge in [0.2, 0.25) is 5.91 Å². The van der Waals surface area contributed by atoms with Crippen molar-refractivity contribution in [3.05, 3.63) is 29.8 Å². The summed E-state index contributed by atoms with van der Waals surface area (Å²) in [7, 11) is 0. The number of nitrogens with two attached hydrogens (primary N) is 1. The normalized spacial score (nSPS) is 14.7. The van der Waals surface area contributed by atoms with Gasteiger partial charge in [-0.05, 0) is 36.8 Å². The lowest BCUT2D eigenvalue weighted by atomic mass is 10.1. The van der Waals surface area contributed by atoms with E-state index in [2.05, 4.69) is 18.7 Å². The summed E-state index contributed by atoms with van der Waals surface area (Å²) in [5.41, 5.74) is 7.78. The van der Waals surface area contributed by atoms with E-state index >= 15 is 0 Å². The molecule has 2 N–H and O–H groups in total. The summed E-state index contributed by atoms with van der Waals surface area (Å²) in [4.78, 5) is 14.4. The molecule has 0 saturated heterocycles. The van der Waals surface area contributed by atoms with Crippen molar-refractivity contribution in [3.8, 4) is 0 Å². The van der Waals surface area contributed by atoms with Gasteiger partial charge in [-0.3, -0.25) is 4.79 Å². The molecule has 3 heteroatoms. The van der Waals surface area contributed by atoms with Gasteiger partial charge in [-0.25, -0.2) is 0 Å². The van der Waals surface area contributed by atoms with E-state index in [0.717, 1.165) is 24.2 Å². The van der Waals surface area contributed by atoms with Crippen LogP contribution in [0.25, 0.3) is 0 Å². The molecular weight excluding hydrogens is 236 g/mol. The number of amides is 1. The van der Waals surface area contributed by atoms with Crippen molar-refractivity contribution in [2.24, 2.45) is 5.92 Å². The van der Waals surface area contributed by atoms with Crippen LogP contribution in [0.2, 0.25) is 0 Å². The van der Waals surface area contributed by atoms with Crippen LogP contribution < -0.4 is 5.73 Å². The SMILES string of the molecule is CC(C)CN(C(=O)CCc1ccccc1N)C1CC1. The van der Waals surface area contributed by atoms with Gasteiger partial charge in [0.25, 0.3) is 0 Å². The Morgan fingerprint density at radius 2 is 2.05 bits per heavy atom. The van der Waals surface area contributed by atoms with Gasteiger partial charge in [-0.2, -0.15) is 0 Å². The van der Waals surface area contributed by atoms with E-state index in [-0.39, 0.29) is 5.91 Å². The molecule has 1 aromatic rings. The number of hydrogen-bond acceptors (Lipinski definition) is 2. The highest BCUT2D eigenvalue weighted by Gasteiger charge is 2.32. The van der Waals surface area contributed by atoms with Gasteiger partial charge in [0, 0.05) is 24.7 Å². The fourth-order valence-electron chi connectivity index (χ4n) is 2.38. The number of nitrogen functional groups attached to an aromatic ring is 1. The van der Waals surface area contributed by atoms with Gasteiger partial charge in [-0.15, -0.1) is 0 Å². The summed E-state index contributed by atoms with van der Waals surface area (Å²) in [5, 5.41) is 0. The van der Waals surface area contributed by atoms with Crippen molar-refractivity contribution in [1.82, 2.24) is 4.90 Å². The Morgan fingerprint density at radius 3 is 2.63 bits per heavy atom. The highest BCUT2D eigenvalue weighted by atomic mass is 16.2. The highest BCUT2D eigenvalue weighted by Crippen LogP contribution is 2.28. The summed E-state index contributed by atoms with van der Waals surface area (Å²) in [6.45, 7) is 5.21. The maximum absolute atomic E-state index is 12.3. The molecule has 0 aromatic heterocycles. The maximum Gasteiger partial charge on any atom is 0.223 e. The van der Waals surface area contributed by atoms with E-state index < -0.39 is 0 Å². The van der Waals surface area contributed by atoms with Crippen molar-refractivity contribution < 1.29 is 4.79 Å². The fourth-order valence-corrected chi connectivity index (χ4v) is 2.38. The molecule has 0 spiro atoms. The van der Waals surface area contributed by atoms with Crippen LogP contribution >= 0.6 is 0 Å². The molecular formula is C16H24N2O. The topological polar surface area (TPSA) is 46.3 Å². The Labute approximate surface area is 115 Å². The Bertz CT molecular complexity index is 438. The third-order valence-corrected chi connectivity index (χ3v) is 3.53. The minimum atomic E-state index is 0.277. The molecule has 1 fully saturated rings. The van der Waals surface area contributed by atoms with Crippen molar-refractivity contribution in [2.75, 3.05) is 12.3 Å². The molecule has 1 aliphatic carbocycles. The first-order valence-electron chi connectivity index (χ1n) is 7.20. The molecule has 0 unspecified atom stereocenters. The van der Waals surface area contributed by atoms with Crippen molar-refractivity contribution in [2.45, 2.75) is 45.6 Å². The molecule has 0 heterocycles. The van der Waals surface area contributed by atoms with Gasteiger partial charge in [-0.1, -0.05) is 32.0 Å². The van der Waals surface area contributed by atoms with Gasteiger partial charge >= 0.3 is 0 Å². The number of aryl methyl sites for hydroxylation is 1. The monoisotopic (exact) mass is 260 g/mol. The first-order valence-corrected chi connectivity index (χ1v) is 7.20. The smallest absolute Gasteiger partial charge is 0.223 e. The minimum absolute atomic E-state index is 0.277. The zero-order valence-corrected chi connectivity index (χ0v) is 11.9. The number of carbonyl (C=O) groups excluding carboxylic acids is 1. The van der Waals surface area contributed by atoms with Crippen LogP contribution in [0.5, 0.6) is 0 Å². The Morgan fingerprint density at radius 1 is 1.37 bits per heavy atom. The van der Waals surface area contributed by atoms with E-state index in [1.807, 2.05) is 24.3 Å². The van der Waals surface area contributed by atoms with E-state index in [1.165, 1.54) is 12.8 Å². The molecule has 1 saturated carbocycles. The van der Waals surface area contributed by atoms with Crippen LogP contribution in [0.4, 0.5) is 5.69 Å². The van der Waals surface area contributed by atoms with Gasteiger partial charge < -0.3 is 10.6 Å². The predicted molar refractivity (Wildman–Crippen MR) is 78.7 cm³/mol. The first-order chi connectivity index (χ1) is 9.08. The lowest BCUT2D eigenvalue weighted by Crippen LogP contribution is -2.36. The van der Waals surface area contributed by atoms with E-state index in [1.54, 1.807) is 0 Å². The molecule has 104 valence electrons. The van der Waals surface area contributed by atoms with E-state index in [4.69, 9.17) is 5.73 Å². The Kier molecular flexibility index (Phi) is 4.46.